The summed E-state index contributed by atoms with van der Waals surface area (Å²) in [5.41, 5.74) is 5.13. The highest BCUT2D eigenvalue weighted by molar-refractivity contribution is 5.71. The number of piperidine rings is 1. The Morgan fingerprint density at radius 2 is 2.27 bits per heavy atom. The lowest BCUT2D eigenvalue weighted by Crippen LogP contribution is -2.41. The Morgan fingerprint density at radius 1 is 1.50 bits per heavy atom. The number of anilines is 2. The zero-order valence-corrected chi connectivity index (χ0v) is 13.4. The van der Waals surface area contributed by atoms with E-state index in [1.54, 1.807) is 6.20 Å². The number of nitrogens with two attached hydrogens (primary N) is 1. The predicted octanol–water partition coefficient (Wildman–Crippen LogP) is 1.39. The van der Waals surface area contributed by atoms with Gasteiger partial charge in [0.2, 0.25) is 5.95 Å². The van der Waals surface area contributed by atoms with Crippen molar-refractivity contribution in [3.63, 3.8) is 0 Å². The zero-order valence-electron chi connectivity index (χ0n) is 13.4. The van der Waals surface area contributed by atoms with Gasteiger partial charge in [-0.2, -0.15) is 4.98 Å². The smallest absolute Gasteiger partial charge is 0.332 e. The topological polar surface area (TPSA) is 90.6 Å². The van der Waals surface area contributed by atoms with Gasteiger partial charge >= 0.3 is 5.97 Å². The zero-order chi connectivity index (χ0) is 16.2. The molecule has 1 saturated heterocycles. The summed E-state index contributed by atoms with van der Waals surface area (Å²) in [6, 6.07) is 1.83. The lowest BCUT2D eigenvalue weighted by Gasteiger charge is -2.33. The van der Waals surface area contributed by atoms with Crippen molar-refractivity contribution in [2.75, 3.05) is 30.3 Å². The average Bonchev–Trinajstić information content (AvgIpc) is 2.44. The van der Waals surface area contributed by atoms with E-state index in [0.29, 0.717) is 6.54 Å². The molecule has 1 atom stereocenters. The fourth-order valence-corrected chi connectivity index (χ4v) is 2.38. The largest absolute Gasteiger partial charge is 0.458 e. The van der Waals surface area contributed by atoms with Crippen LogP contribution >= 0.6 is 0 Å². The molecule has 1 aromatic rings. The molecule has 0 spiro atoms. The van der Waals surface area contributed by atoms with Crippen LogP contribution in [0.1, 0.15) is 33.6 Å². The summed E-state index contributed by atoms with van der Waals surface area (Å²) in [6.07, 6.45) is 3.52. The van der Waals surface area contributed by atoms with Gasteiger partial charge in [-0.3, -0.25) is 0 Å². The summed E-state index contributed by atoms with van der Waals surface area (Å²) < 4.78 is 10.9. The van der Waals surface area contributed by atoms with E-state index in [0.717, 1.165) is 25.2 Å². The van der Waals surface area contributed by atoms with E-state index in [-0.39, 0.29) is 24.6 Å². The van der Waals surface area contributed by atoms with Crippen molar-refractivity contribution in [2.45, 2.75) is 45.3 Å². The van der Waals surface area contributed by atoms with Crippen LogP contribution in [0.15, 0.2) is 12.3 Å². The number of ether oxygens (including phenoxy) is 2. The van der Waals surface area contributed by atoms with Gasteiger partial charge < -0.3 is 20.1 Å². The number of carbonyl (C=O) groups excluding carboxylic acids is 1. The van der Waals surface area contributed by atoms with Gasteiger partial charge in [0.25, 0.3) is 0 Å². The summed E-state index contributed by atoms with van der Waals surface area (Å²) in [5.74, 6) is 0.711. The Morgan fingerprint density at radius 3 is 2.95 bits per heavy atom. The van der Waals surface area contributed by atoms with Crippen LogP contribution in [0.5, 0.6) is 0 Å². The van der Waals surface area contributed by atoms with Crippen molar-refractivity contribution in [1.82, 2.24) is 9.97 Å². The first-order valence-corrected chi connectivity index (χ1v) is 7.50. The van der Waals surface area contributed by atoms with E-state index in [1.165, 1.54) is 0 Å². The van der Waals surface area contributed by atoms with Gasteiger partial charge in [-0.05, 0) is 39.7 Å². The Bertz CT molecular complexity index is 516. The van der Waals surface area contributed by atoms with Crippen LogP contribution < -0.4 is 10.6 Å². The van der Waals surface area contributed by atoms with E-state index >= 15 is 0 Å². The van der Waals surface area contributed by atoms with E-state index in [2.05, 4.69) is 14.9 Å². The van der Waals surface area contributed by atoms with E-state index in [9.17, 15) is 4.79 Å². The summed E-state index contributed by atoms with van der Waals surface area (Å²) in [7, 11) is 0. The molecule has 0 aliphatic carbocycles. The van der Waals surface area contributed by atoms with Crippen molar-refractivity contribution in [2.24, 2.45) is 0 Å². The minimum atomic E-state index is -0.489. The average molecular weight is 308 g/mol. The maximum Gasteiger partial charge on any atom is 0.332 e. The SMILES string of the molecule is CC(C)(C)OC(=O)COC1CCCN(c2ccnc(N)n2)C1. The third kappa shape index (κ3) is 5.14. The van der Waals surface area contributed by atoms with E-state index in [4.69, 9.17) is 15.2 Å². The normalized spacial score (nSPS) is 19.0. The van der Waals surface area contributed by atoms with Gasteiger partial charge in [-0.1, -0.05) is 0 Å². The highest BCUT2D eigenvalue weighted by atomic mass is 16.6. The van der Waals surface area contributed by atoms with Crippen LogP contribution in [-0.4, -0.2) is 47.3 Å². The number of rotatable bonds is 4. The molecule has 122 valence electrons. The fourth-order valence-electron chi connectivity index (χ4n) is 2.38. The molecule has 1 aromatic heterocycles. The molecule has 2 N–H and O–H groups in total. The van der Waals surface area contributed by atoms with Crippen molar-refractivity contribution >= 4 is 17.7 Å². The fraction of sp³-hybridized carbons (Fsp3) is 0.667. The summed E-state index contributed by atoms with van der Waals surface area (Å²) in [6.45, 7) is 7.07. The molecule has 1 unspecified atom stereocenters. The van der Waals surface area contributed by atoms with Crippen LogP contribution in [0, 0.1) is 0 Å². The Hall–Kier alpha value is -1.89. The van der Waals surface area contributed by atoms with Crippen LogP contribution in [0.2, 0.25) is 0 Å². The Kier molecular flexibility index (Phi) is 5.18. The second-order valence-electron chi connectivity index (χ2n) is 6.38. The van der Waals surface area contributed by atoms with Crippen molar-refractivity contribution in [3.8, 4) is 0 Å². The molecule has 0 saturated carbocycles. The lowest BCUT2D eigenvalue weighted by atomic mass is 10.1. The van der Waals surface area contributed by atoms with Gasteiger partial charge in [-0.25, -0.2) is 9.78 Å². The molecule has 0 radical (unpaired) electrons. The second kappa shape index (κ2) is 6.91. The lowest BCUT2D eigenvalue weighted by molar-refractivity contribution is -0.162. The van der Waals surface area contributed by atoms with Crippen molar-refractivity contribution in [1.29, 1.82) is 0 Å². The van der Waals surface area contributed by atoms with Crippen LogP contribution in [-0.2, 0) is 14.3 Å². The molecule has 7 nitrogen and oxygen atoms in total. The summed E-state index contributed by atoms with van der Waals surface area (Å²) in [5, 5.41) is 0. The first kappa shape index (κ1) is 16.5. The highest BCUT2D eigenvalue weighted by Gasteiger charge is 2.23. The minimum absolute atomic E-state index is 0.0162. The maximum absolute atomic E-state index is 11.7. The first-order chi connectivity index (χ1) is 10.3. The standard InChI is InChI=1S/C15H24N4O3/c1-15(2,3)22-13(20)10-21-11-5-4-8-19(9-11)12-6-7-17-14(16)18-12/h6-7,11H,4-5,8-10H2,1-3H3,(H2,16,17,18). The van der Waals surface area contributed by atoms with Crippen molar-refractivity contribution in [3.05, 3.63) is 12.3 Å². The molecule has 2 heterocycles. The van der Waals surface area contributed by atoms with Gasteiger partial charge in [-0.15, -0.1) is 0 Å². The molecule has 22 heavy (non-hydrogen) atoms. The summed E-state index contributed by atoms with van der Waals surface area (Å²) in [4.78, 5) is 21.9. The minimum Gasteiger partial charge on any atom is -0.458 e. The molecule has 0 aromatic carbocycles. The van der Waals surface area contributed by atoms with Crippen molar-refractivity contribution < 1.29 is 14.3 Å². The number of nitrogen functional groups attached to an aromatic ring is 1. The molecule has 0 amide bonds. The molecule has 0 bridgehead atoms. The van der Waals surface area contributed by atoms with Gasteiger partial charge in [0.1, 0.15) is 18.0 Å². The number of esters is 1. The van der Waals surface area contributed by atoms with Gasteiger partial charge in [0.05, 0.1) is 6.10 Å². The quantitative estimate of drug-likeness (QED) is 0.840. The first-order valence-electron chi connectivity index (χ1n) is 7.50. The third-order valence-corrected chi connectivity index (χ3v) is 3.22. The molecule has 7 heteroatoms. The van der Waals surface area contributed by atoms with E-state index < -0.39 is 5.60 Å². The molecule has 2 rings (SSSR count). The summed E-state index contributed by atoms with van der Waals surface area (Å²) >= 11 is 0. The number of carbonyl (C=O) groups is 1. The monoisotopic (exact) mass is 308 g/mol. The third-order valence-electron chi connectivity index (χ3n) is 3.22. The van der Waals surface area contributed by atoms with Crippen LogP contribution in [0.4, 0.5) is 11.8 Å². The predicted molar refractivity (Wildman–Crippen MR) is 83.5 cm³/mol. The second-order valence-corrected chi connectivity index (χ2v) is 6.38. The van der Waals surface area contributed by atoms with Crippen LogP contribution in [0.3, 0.4) is 0 Å². The Labute approximate surface area is 130 Å². The molecule has 1 aliphatic rings. The van der Waals surface area contributed by atoms with Gasteiger partial charge in [0, 0.05) is 19.3 Å². The number of hydrogen-bond acceptors (Lipinski definition) is 7. The number of aromatic nitrogens is 2. The van der Waals surface area contributed by atoms with E-state index in [1.807, 2.05) is 26.8 Å². The number of hydrogen-bond donors (Lipinski definition) is 1. The van der Waals surface area contributed by atoms with Gasteiger partial charge in [0.15, 0.2) is 0 Å². The maximum atomic E-state index is 11.7. The molecular weight excluding hydrogens is 284 g/mol. The highest BCUT2D eigenvalue weighted by Crippen LogP contribution is 2.19. The Balaban J connectivity index is 1.85. The molecule has 1 aliphatic heterocycles. The molecular formula is C15H24N4O3. The van der Waals surface area contributed by atoms with Crippen LogP contribution in [0.25, 0.3) is 0 Å². The number of nitrogens with zero attached hydrogens (tertiary/aromatic N) is 3. The molecule has 1 fully saturated rings.